The highest BCUT2D eigenvalue weighted by Gasteiger charge is 2.73. The van der Waals surface area contributed by atoms with Gasteiger partial charge in [0.15, 0.2) is 0 Å². The Morgan fingerprint density at radius 1 is 0.852 bits per heavy atom. The molecule has 10 heteroatoms. The molecular weight excluding hydrogens is 379 g/mol. The molecule has 0 aliphatic carbocycles. The zero-order chi connectivity index (χ0) is 20.2. The Labute approximate surface area is 149 Å². The topological polar surface area (TPSA) is 28.0 Å². The number of nitrogens with zero attached hydrogens (tertiary/aromatic N) is 3. The molecule has 0 saturated carbocycles. The lowest BCUT2D eigenvalue weighted by Crippen LogP contribution is -2.59. The Balaban J connectivity index is 2.33. The van der Waals surface area contributed by atoms with Crippen LogP contribution < -0.4 is 0 Å². The van der Waals surface area contributed by atoms with Crippen molar-refractivity contribution in [1.29, 1.82) is 0 Å². The average molecular weight is 391 g/mol. The average Bonchev–Trinajstić information content (AvgIpc) is 2.52. The minimum Gasteiger partial charge on any atom is -0.283 e. The molecule has 0 amide bonds. The molecule has 0 unspecified atom stereocenters. The SMILES string of the molecule is CC1=CC2=NC(C(F)(F)F)(C(F)(F)F)N=C(c3ccc(F)cc3)N2C(C)=C1. The molecule has 1 aromatic rings. The summed E-state index contributed by atoms with van der Waals surface area (Å²) in [5.74, 6) is -1.85. The van der Waals surface area contributed by atoms with Crippen LogP contribution in [0.2, 0.25) is 0 Å². The molecule has 2 aliphatic heterocycles. The van der Waals surface area contributed by atoms with E-state index < -0.39 is 35.5 Å². The maximum atomic E-state index is 13.6. The van der Waals surface area contributed by atoms with Gasteiger partial charge >= 0.3 is 18.0 Å². The number of benzene rings is 1. The fourth-order valence-corrected chi connectivity index (χ4v) is 2.84. The van der Waals surface area contributed by atoms with Crippen LogP contribution in [0.5, 0.6) is 0 Å². The van der Waals surface area contributed by atoms with Crippen molar-refractivity contribution in [3.05, 3.63) is 59.1 Å². The molecule has 0 saturated heterocycles. The summed E-state index contributed by atoms with van der Waals surface area (Å²) in [7, 11) is 0. The molecule has 0 N–H and O–H groups in total. The highest BCUT2D eigenvalue weighted by Crippen LogP contribution is 2.49. The molecule has 2 aliphatic rings. The van der Waals surface area contributed by atoms with Crippen LogP contribution in [-0.2, 0) is 0 Å². The number of allylic oxidation sites excluding steroid dienone is 3. The van der Waals surface area contributed by atoms with Crippen molar-refractivity contribution in [2.45, 2.75) is 31.9 Å². The molecular formula is C17H12F7N3. The Morgan fingerprint density at radius 3 is 1.93 bits per heavy atom. The lowest BCUT2D eigenvalue weighted by atomic mass is 10.0. The second-order valence-electron chi connectivity index (χ2n) is 6.09. The molecule has 144 valence electrons. The van der Waals surface area contributed by atoms with Crippen molar-refractivity contribution in [2.24, 2.45) is 9.98 Å². The van der Waals surface area contributed by atoms with Gasteiger partial charge in [0.25, 0.3) is 0 Å². The quantitative estimate of drug-likeness (QED) is 0.622. The maximum Gasteiger partial charge on any atom is 0.443 e. The van der Waals surface area contributed by atoms with Gasteiger partial charge in [0, 0.05) is 11.3 Å². The number of fused-ring (bicyclic) bond motifs is 1. The molecule has 27 heavy (non-hydrogen) atoms. The van der Waals surface area contributed by atoms with Crippen LogP contribution in [-0.4, -0.2) is 34.6 Å². The fourth-order valence-electron chi connectivity index (χ4n) is 2.84. The molecule has 0 radical (unpaired) electrons. The van der Waals surface area contributed by atoms with Gasteiger partial charge in [-0.2, -0.15) is 26.3 Å². The van der Waals surface area contributed by atoms with Crippen molar-refractivity contribution >= 4 is 11.7 Å². The Bertz CT molecular complexity index is 873. The van der Waals surface area contributed by atoms with E-state index in [4.69, 9.17) is 0 Å². The first-order valence-corrected chi connectivity index (χ1v) is 7.61. The van der Waals surface area contributed by atoms with Crippen molar-refractivity contribution in [3.63, 3.8) is 0 Å². The molecule has 0 aromatic heterocycles. The van der Waals surface area contributed by atoms with Crippen LogP contribution in [0.25, 0.3) is 0 Å². The van der Waals surface area contributed by atoms with Crippen molar-refractivity contribution in [3.8, 4) is 0 Å². The van der Waals surface area contributed by atoms with E-state index in [-0.39, 0.29) is 5.56 Å². The summed E-state index contributed by atoms with van der Waals surface area (Å²) in [6, 6.07) is 3.98. The number of aliphatic imine (C=N–C) groups is 2. The molecule has 3 rings (SSSR count). The molecule has 3 nitrogen and oxygen atoms in total. The summed E-state index contributed by atoms with van der Waals surface area (Å²) in [6.45, 7) is 3.02. The summed E-state index contributed by atoms with van der Waals surface area (Å²) in [5.41, 5.74) is -4.00. The van der Waals surface area contributed by atoms with Crippen LogP contribution in [0.3, 0.4) is 0 Å². The highest BCUT2D eigenvalue weighted by atomic mass is 19.4. The largest absolute Gasteiger partial charge is 0.443 e. The van der Waals surface area contributed by atoms with E-state index in [0.29, 0.717) is 11.3 Å². The summed E-state index contributed by atoms with van der Waals surface area (Å²) in [5, 5.41) is 0. The number of hydrogen-bond donors (Lipinski definition) is 0. The second-order valence-corrected chi connectivity index (χ2v) is 6.09. The van der Waals surface area contributed by atoms with E-state index in [1.807, 2.05) is 0 Å². The van der Waals surface area contributed by atoms with Crippen LogP contribution >= 0.6 is 0 Å². The van der Waals surface area contributed by atoms with E-state index in [1.54, 1.807) is 6.08 Å². The molecule has 0 bridgehead atoms. The molecule has 2 heterocycles. The standard InChI is InChI=1S/C17H12F7N3/c1-9-7-10(2)27-13(8-9)25-15(16(19,20)21,17(22,23)24)26-14(27)11-3-5-12(18)6-4-11/h3-8H,1-2H3. The Hall–Kier alpha value is -2.65. The number of alkyl halides is 6. The van der Waals surface area contributed by atoms with E-state index in [9.17, 15) is 30.7 Å². The zero-order valence-electron chi connectivity index (χ0n) is 14.0. The minimum atomic E-state index is -5.83. The van der Waals surface area contributed by atoms with Crippen LogP contribution in [0, 0.1) is 5.82 Å². The predicted molar refractivity (Wildman–Crippen MR) is 84.6 cm³/mol. The van der Waals surface area contributed by atoms with Crippen molar-refractivity contribution in [1.82, 2.24) is 4.90 Å². The molecule has 0 atom stereocenters. The summed E-state index contributed by atoms with van der Waals surface area (Å²) < 4.78 is 94.5. The molecule has 0 spiro atoms. The van der Waals surface area contributed by atoms with Crippen LogP contribution in [0.15, 0.2) is 57.7 Å². The lowest BCUT2D eigenvalue weighted by Gasteiger charge is -2.40. The smallest absolute Gasteiger partial charge is 0.283 e. The molecule has 0 fully saturated rings. The normalized spacial score (nSPS) is 19.7. The summed E-state index contributed by atoms with van der Waals surface area (Å²) in [6.07, 6.45) is -8.98. The fraction of sp³-hybridized carbons (Fsp3) is 0.294. The zero-order valence-corrected chi connectivity index (χ0v) is 14.0. The monoisotopic (exact) mass is 391 g/mol. The molecule has 1 aromatic carbocycles. The van der Waals surface area contributed by atoms with E-state index in [0.717, 1.165) is 35.2 Å². The van der Waals surface area contributed by atoms with Gasteiger partial charge in [-0.05, 0) is 55.8 Å². The van der Waals surface area contributed by atoms with Gasteiger partial charge in [-0.3, -0.25) is 4.90 Å². The van der Waals surface area contributed by atoms with Gasteiger partial charge in [0.1, 0.15) is 17.5 Å². The maximum absolute atomic E-state index is 13.6. The van der Waals surface area contributed by atoms with Gasteiger partial charge in [0.2, 0.25) is 0 Å². The number of halogens is 7. The second kappa shape index (κ2) is 5.93. The third kappa shape index (κ3) is 3.02. The van der Waals surface area contributed by atoms with Crippen LogP contribution in [0.4, 0.5) is 30.7 Å². The van der Waals surface area contributed by atoms with Crippen LogP contribution in [0.1, 0.15) is 19.4 Å². The first-order valence-electron chi connectivity index (χ1n) is 7.61. The number of amidine groups is 2. The van der Waals surface area contributed by atoms with Crippen molar-refractivity contribution < 1.29 is 30.7 Å². The van der Waals surface area contributed by atoms with E-state index >= 15 is 0 Å². The lowest BCUT2D eigenvalue weighted by molar-refractivity contribution is -0.292. The van der Waals surface area contributed by atoms with Gasteiger partial charge in [-0.15, -0.1) is 0 Å². The highest BCUT2D eigenvalue weighted by molar-refractivity contribution is 6.16. The third-order valence-corrected chi connectivity index (χ3v) is 4.02. The Morgan fingerprint density at radius 2 is 1.41 bits per heavy atom. The van der Waals surface area contributed by atoms with Gasteiger partial charge in [-0.1, -0.05) is 0 Å². The predicted octanol–water partition coefficient (Wildman–Crippen LogP) is 4.97. The first-order chi connectivity index (χ1) is 12.4. The van der Waals surface area contributed by atoms with Gasteiger partial charge in [-0.25, -0.2) is 14.4 Å². The van der Waals surface area contributed by atoms with Crippen molar-refractivity contribution in [2.75, 3.05) is 0 Å². The summed E-state index contributed by atoms with van der Waals surface area (Å²) >= 11 is 0. The van der Waals surface area contributed by atoms with Gasteiger partial charge in [0.05, 0.1) is 0 Å². The Kier molecular flexibility index (Phi) is 4.20. The third-order valence-electron chi connectivity index (χ3n) is 4.02. The summed E-state index contributed by atoms with van der Waals surface area (Å²) in [4.78, 5) is 7.09. The van der Waals surface area contributed by atoms with Gasteiger partial charge < -0.3 is 0 Å². The number of rotatable bonds is 1. The van der Waals surface area contributed by atoms with E-state index in [1.165, 1.54) is 13.8 Å². The first kappa shape index (κ1) is 19.1. The number of hydrogen-bond acceptors (Lipinski definition) is 3. The minimum absolute atomic E-state index is 0.109. The van der Waals surface area contributed by atoms with E-state index in [2.05, 4.69) is 9.98 Å².